The summed E-state index contributed by atoms with van der Waals surface area (Å²) in [5, 5.41) is 22.2. The Morgan fingerprint density at radius 2 is 1.95 bits per heavy atom. The van der Waals surface area contributed by atoms with E-state index >= 15 is 0 Å². The van der Waals surface area contributed by atoms with Gasteiger partial charge in [-0.2, -0.15) is 0 Å². The summed E-state index contributed by atoms with van der Waals surface area (Å²) in [6.07, 6.45) is 2.02. The number of nitrogens with zero attached hydrogens (tertiary/aromatic N) is 2. The van der Waals surface area contributed by atoms with Gasteiger partial charge in [0.2, 0.25) is 5.75 Å². The van der Waals surface area contributed by atoms with Gasteiger partial charge in [-0.25, -0.2) is 0 Å². The van der Waals surface area contributed by atoms with Gasteiger partial charge in [0.05, 0.1) is 21.8 Å². The second kappa shape index (κ2) is 6.08. The molecule has 1 aromatic rings. The van der Waals surface area contributed by atoms with Gasteiger partial charge >= 0.3 is 11.7 Å². The van der Waals surface area contributed by atoms with Crippen LogP contribution in [0.3, 0.4) is 0 Å². The number of nitro groups is 2. The molecule has 0 saturated heterocycles. The molecule has 0 spiro atoms. The Bertz CT molecular complexity index is 638. The smallest absolute Gasteiger partial charge is 0.318 e. The van der Waals surface area contributed by atoms with E-state index in [9.17, 15) is 25.0 Å². The summed E-state index contributed by atoms with van der Waals surface area (Å²) in [6, 6.07) is 2.08. The van der Waals surface area contributed by atoms with Crippen LogP contribution >= 0.6 is 0 Å². The maximum atomic E-state index is 11.9. The van der Waals surface area contributed by atoms with E-state index in [0.29, 0.717) is 24.8 Å². The summed E-state index contributed by atoms with van der Waals surface area (Å²) in [5.41, 5.74) is -0.607. The molecule has 0 amide bonds. The summed E-state index contributed by atoms with van der Waals surface area (Å²) in [4.78, 5) is 32.6. The number of rotatable bonds is 6. The molecule has 0 aromatic heterocycles. The number of ether oxygens (including phenoxy) is 1. The number of nitro benzene ring substituents is 2. The SMILES string of the molecule is CCC(C)c1cc([N+](=O)[O-])cc([N+](=O)[O-])c1OC(=O)C1CC1. The highest BCUT2D eigenvalue weighted by Gasteiger charge is 2.35. The first kappa shape index (κ1) is 15.9. The normalized spacial score (nSPS) is 15.2. The Labute approximate surface area is 126 Å². The Morgan fingerprint density at radius 1 is 1.32 bits per heavy atom. The molecular weight excluding hydrogens is 292 g/mol. The summed E-state index contributed by atoms with van der Waals surface area (Å²) in [6.45, 7) is 3.62. The molecule has 0 N–H and O–H groups in total. The molecule has 2 rings (SSSR count). The standard InChI is InChI=1S/C14H16N2O6/c1-3-8(2)11-6-10(15(18)19)7-12(16(20)21)13(11)22-14(17)9-4-5-9/h6-9H,3-5H2,1-2H3. The molecule has 1 aromatic carbocycles. The molecule has 0 bridgehead atoms. The Morgan fingerprint density at radius 3 is 2.41 bits per heavy atom. The Kier molecular flexibility index (Phi) is 4.39. The molecule has 1 fully saturated rings. The average Bonchev–Trinajstić information content (AvgIpc) is 3.30. The molecule has 1 saturated carbocycles. The third kappa shape index (κ3) is 3.21. The molecule has 1 atom stereocenters. The van der Waals surface area contributed by atoms with Crippen LogP contribution in [0.5, 0.6) is 5.75 Å². The first-order valence-electron chi connectivity index (χ1n) is 7.03. The summed E-state index contributed by atoms with van der Waals surface area (Å²) >= 11 is 0. The molecule has 0 heterocycles. The zero-order chi connectivity index (χ0) is 16.4. The minimum atomic E-state index is -0.756. The van der Waals surface area contributed by atoms with Crippen molar-refractivity contribution in [3.63, 3.8) is 0 Å². The maximum absolute atomic E-state index is 11.9. The number of hydrogen-bond acceptors (Lipinski definition) is 6. The van der Waals surface area contributed by atoms with Gasteiger partial charge in [-0.15, -0.1) is 0 Å². The maximum Gasteiger partial charge on any atom is 0.318 e. The molecule has 118 valence electrons. The van der Waals surface area contributed by atoms with E-state index in [1.165, 1.54) is 6.07 Å². The van der Waals surface area contributed by atoms with Crippen LogP contribution in [0, 0.1) is 26.1 Å². The van der Waals surface area contributed by atoms with E-state index in [0.717, 1.165) is 6.07 Å². The molecular formula is C14H16N2O6. The lowest BCUT2D eigenvalue weighted by Gasteiger charge is -2.14. The topological polar surface area (TPSA) is 113 Å². The van der Waals surface area contributed by atoms with E-state index in [2.05, 4.69) is 0 Å². The predicted molar refractivity (Wildman–Crippen MR) is 76.8 cm³/mol. The van der Waals surface area contributed by atoms with Crippen molar-refractivity contribution in [2.75, 3.05) is 0 Å². The third-order valence-corrected chi connectivity index (χ3v) is 3.75. The molecule has 1 aliphatic carbocycles. The van der Waals surface area contributed by atoms with Crippen molar-refractivity contribution < 1.29 is 19.4 Å². The summed E-state index contributed by atoms with van der Waals surface area (Å²) < 4.78 is 5.22. The minimum absolute atomic E-state index is 0.165. The van der Waals surface area contributed by atoms with Crippen molar-refractivity contribution in [1.82, 2.24) is 0 Å². The van der Waals surface area contributed by atoms with Gasteiger partial charge in [0.1, 0.15) is 0 Å². The van der Waals surface area contributed by atoms with Crippen LogP contribution in [0.25, 0.3) is 0 Å². The van der Waals surface area contributed by atoms with Crippen molar-refractivity contribution >= 4 is 17.3 Å². The quantitative estimate of drug-likeness (QED) is 0.345. The van der Waals surface area contributed by atoms with Crippen molar-refractivity contribution in [1.29, 1.82) is 0 Å². The lowest BCUT2D eigenvalue weighted by molar-refractivity contribution is -0.394. The fourth-order valence-electron chi connectivity index (χ4n) is 2.06. The lowest BCUT2D eigenvalue weighted by Crippen LogP contribution is -2.13. The second-order valence-corrected chi connectivity index (χ2v) is 5.40. The van der Waals surface area contributed by atoms with Gasteiger partial charge in [0, 0.05) is 11.6 Å². The van der Waals surface area contributed by atoms with Crippen molar-refractivity contribution in [3.8, 4) is 5.75 Å². The number of carbonyl (C=O) groups is 1. The van der Waals surface area contributed by atoms with E-state index < -0.39 is 21.5 Å². The lowest BCUT2D eigenvalue weighted by atomic mass is 9.96. The summed E-state index contributed by atoms with van der Waals surface area (Å²) in [5.74, 6) is -1.11. The van der Waals surface area contributed by atoms with Gasteiger partial charge < -0.3 is 4.74 Å². The van der Waals surface area contributed by atoms with E-state index in [-0.39, 0.29) is 23.3 Å². The second-order valence-electron chi connectivity index (χ2n) is 5.40. The zero-order valence-corrected chi connectivity index (χ0v) is 12.3. The van der Waals surface area contributed by atoms with Gasteiger partial charge in [-0.1, -0.05) is 13.8 Å². The number of carbonyl (C=O) groups excluding carboxylic acids is 1. The third-order valence-electron chi connectivity index (χ3n) is 3.75. The number of hydrogen-bond donors (Lipinski definition) is 0. The van der Waals surface area contributed by atoms with Crippen molar-refractivity contribution in [2.45, 2.75) is 39.0 Å². The molecule has 22 heavy (non-hydrogen) atoms. The minimum Gasteiger partial charge on any atom is -0.419 e. The first-order chi connectivity index (χ1) is 10.3. The van der Waals surface area contributed by atoms with Crippen molar-refractivity contribution in [3.05, 3.63) is 37.9 Å². The van der Waals surface area contributed by atoms with Crippen LogP contribution in [0.1, 0.15) is 44.6 Å². The molecule has 0 aliphatic heterocycles. The average molecular weight is 308 g/mol. The van der Waals surface area contributed by atoms with E-state index in [4.69, 9.17) is 4.74 Å². The monoisotopic (exact) mass is 308 g/mol. The fourth-order valence-corrected chi connectivity index (χ4v) is 2.06. The van der Waals surface area contributed by atoms with Gasteiger partial charge in [0.15, 0.2) is 0 Å². The fraction of sp³-hybridized carbons (Fsp3) is 0.500. The Balaban J connectivity index is 2.56. The van der Waals surface area contributed by atoms with Crippen LogP contribution in [0.4, 0.5) is 11.4 Å². The van der Waals surface area contributed by atoms with Crippen molar-refractivity contribution in [2.24, 2.45) is 5.92 Å². The first-order valence-corrected chi connectivity index (χ1v) is 7.03. The highest BCUT2D eigenvalue weighted by molar-refractivity contribution is 5.79. The highest BCUT2D eigenvalue weighted by atomic mass is 16.6. The highest BCUT2D eigenvalue weighted by Crippen LogP contribution is 2.41. The summed E-state index contributed by atoms with van der Waals surface area (Å²) in [7, 11) is 0. The van der Waals surface area contributed by atoms with Crippen LogP contribution in [-0.4, -0.2) is 15.8 Å². The van der Waals surface area contributed by atoms with Crippen LogP contribution < -0.4 is 4.74 Å². The van der Waals surface area contributed by atoms with E-state index in [1.54, 1.807) is 6.92 Å². The van der Waals surface area contributed by atoms with Gasteiger partial charge in [0.25, 0.3) is 5.69 Å². The van der Waals surface area contributed by atoms with Gasteiger partial charge in [-0.3, -0.25) is 25.0 Å². The van der Waals surface area contributed by atoms with Crippen LogP contribution in [-0.2, 0) is 4.79 Å². The molecule has 0 radical (unpaired) electrons. The predicted octanol–water partition coefficient (Wildman–Crippen LogP) is 3.33. The molecule has 1 unspecified atom stereocenters. The number of non-ortho nitro benzene ring substituents is 1. The Hall–Kier alpha value is -2.51. The van der Waals surface area contributed by atoms with Crippen LogP contribution in [0.15, 0.2) is 12.1 Å². The largest absolute Gasteiger partial charge is 0.419 e. The number of esters is 1. The van der Waals surface area contributed by atoms with Crippen LogP contribution in [0.2, 0.25) is 0 Å². The molecule has 1 aliphatic rings. The molecule has 8 nitrogen and oxygen atoms in total. The number of benzene rings is 1. The zero-order valence-electron chi connectivity index (χ0n) is 12.3. The molecule has 8 heteroatoms. The van der Waals surface area contributed by atoms with E-state index in [1.807, 2.05) is 6.92 Å². The van der Waals surface area contributed by atoms with Gasteiger partial charge in [-0.05, 0) is 25.2 Å².